The summed E-state index contributed by atoms with van der Waals surface area (Å²) in [5.74, 6) is -0.973. The normalized spacial score (nSPS) is 13.3. The average Bonchev–Trinajstić information content (AvgIpc) is 2.61. The summed E-state index contributed by atoms with van der Waals surface area (Å²) < 4.78 is 6.06. The van der Waals surface area contributed by atoms with E-state index in [0.29, 0.717) is 13.1 Å². The van der Waals surface area contributed by atoms with Crippen molar-refractivity contribution >= 4 is 11.9 Å². The predicted molar refractivity (Wildman–Crippen MR) is 85.3 cm³/mol. The molecule has 0 bridgehead atoms. The molecule has 0 radical (unpaired) electrons. The smallest absolute Gasteiger partial charge is 0.359 e. The van der Waals surface area contributed by atoms with Crippen LogP contribution in [0, 0.1) is 0 Å². The van der Waals surface area contributed by atoms with Crippen LogP contribution in [0.3, 0.4) is 0 Å². The van der Waals surface area contributed by atoms with Crippen LogP contribution in [0.1, 0.15) is 21.6 Å². The largest absolute Gasteiger partial charge is 0.451 e. The van der Waals surface area contributed by atoms with Gasteiger partial charge in [0.05, 0.1) is 0 Å². The molecule has 1 aliphatic heterocycles. The lowest BCUT2D eigenvalue weighted by atomic mass is 10.00. The summed E-state index contributed by atoms with van der Waals surface area (Å²) in [5.41, 5.74) is 2.03. The van der Waals surface area contributed by atoms with E-state index in [1.807, 2.05) is 18.2 Å². The Morgan fingerprint density at radius 2 is 1.92 bits per heavy atom. The molecule has 0 unspecified atom stereocenters. The van der Waals surface area contributed by atoms with Crippen LogP contribution >= 0.6 is 0 Å². The Kier molecular flexibility index (Phi) is 4.41. The molecule has 1 aliphatic rings. The second-order valence-corrected chi connectivity index (χ2v) is 5.59. The molecule has 0 fully saturated rings. The van der Waals surface area contributed by atoms with E-state index in [-0.39, 0.29) is 23.8 Å². The summed E-state index contributed by atoms with van der Waals surface area (Å²) in [4.78, 5) is 37.1. The standard InChI is InChI=1S/C17H17N3O4/c1-19-15(21)7-6-14(18-19)17(23)24-11-16(22)20-9-8-12-4-2-3-5-13(12)10-20/h2-7H,8-11H2,1H3. The van der Waals surface area contributed by atoms with Crippen LogP contribution < -0.4 is 5.56 Å². The zero-order chi connectivity index (χ0) is 17.1. The highest BCUT2D eigenvalue weighted by atomic mass is 16.5. The number of carbonyl (C=O) groups excluding carboxylic acids is 2. The van der Waals surface area contributed by atoms with E-state index in [4.69, 9.17) is 4.74 Å². The fraction of sp³-hybridized carbons (Fsp3) is 0.294. The highest BCUT2D eigenvalue weighted by molar-refractivity contribution is 5.89. The van der Waals surface area contributed by atoms with Gasteiger partial charge in [0.25, 0.3) is 11.5 Å². The van der Waals surface area contributed by atoms with Crippen LogP contribution in [0.25, 0.3) is 0 Å². The monoisotopic (exact) mass is 327 g/mol. The minimum atomic E-state index is -0.726. The van der Waals surface area contributed by atoms with Crippen molar-refractivity contribution < 1.29 is 14.3 Å². The Bertz CT molecular complexity index is 844. The van der Waals surface area contributed by atoms with E-state index in [0.717, 1.165) is 16.7 Å². The number of esters is 1. The van der Waals surface area contributed by atoms with Crippen molar-refractivity contribution in [1.29, 1.82) is 0 Å². The molecule has 7 nitrogen and oxygen atoms in total. The van der Waals surface area contributed by atoms with Gasteiger partial charge in [-0.1, -0.05) is 24.3 Å². The van der Waals surface area contributed by atoms with E-state index < -0.39 is 5.97 Å². The summed E-state index contributed by atoms with van der Waals surface area (Å²) in [7, 11) is 1.44. The first-order chi connectivity index (χ1) is 11.5. The summed E-state index contributed by atoms with van der Waals surface area (Å²) in [5, 5.41) is 3.80. The van der Waals surface area contributed by atoms with Crippen LogP contribution in [0.15, 0.2) is 41.2 Å². The van der Waals surface area contributed by atoms with Crippen molar-refractivity contribution in [2.75, 3.05) is 13.2 Å². The number of aromatic nitrogens is 2. The van der Waals surface area contributed by atoms with E-state index in [2.05, 4.69) is 11.2 Å². The van der Waals surface area contributed by atoms with Crippen molar-refractivity contribution in [3.63, 3.8) is 0 Å². The lowest BCUT2D eigenvalue weighted by Crippen LogP contribution is -2.38. The lowest BCUT2D eigenvalue weighted by molar-refractivity contribution is -0.135. The number of rotatable bonds is 3. The van der Waals surface area contributed by atoms with Crippen LogP contribution in [-0.4, -0.2) is 39.7 Å². The Labute approximate surface area is 138 Å². The van der Waals surface area contributed by atoms with Gasteiger partial charge in [0.2, 0.25) is 0 Å². The molecule has 1 amide bonds. The van der Waals surface area contributed by atoms with Gasteiger partial charge in [-0.3, -0.25) is 9.59 Å². The van der Waals surface area contributed by atoms with Gasteiger partial charge < -0.3 is 9.64 Å². The molecule has 0 aliphatic carbocycles. The first-order valence-corrected chi connectivity index (χ1v) is 7.60. The van der Waals surface area contributed by atoms with Gasteiger partial charge in [0.15, 0.2) is 12.3 Å². The van der Waals surface area contributed by atoms with Gasteiger partial charge in [-0.15, -0.1) is 0 Å². The summed E-state index contributed by atoms with van der Waals surface area (Å²) in [6.45, 7) is 0.779. The van der Waals surface area contributed by atoms with Gasteiger partial charge in [-0.25, -0.2) is 9.48 Å². The minimum absolute atomic E-state index is 0.00566. The zero-order valence-electron chi connectivity index (χ0n) is 13.3. The molecule has 1 aromatic carbocycles. The third-order valence-corrected chi connectivity index (χ3v) is 3.98. The highest BCUT2D eigenvalue weighted by Crippen LogP contribution is 2.18. The lowest BCUT2D eigenvalue weighted by Gasteiger charge is -2.28. The minimum Gasteiger partial charge on any atom is -0.451 e. The molecular formula is C17H17N3O4. The van der Waals surface area contributed by atoms with Gasteiger partial charge in [-0.2, -0.15) is 5.10 Å². The maximum Gasteiger partial charge on any atom is 0.359 e. The number of amides is 1. The second kappa shape index (κ2) is 6.66. The molecule has 1 aromatic heterocycles. The molecule has 0 atom stereocenters. The maximum atomic E-state index is 12.2. The molecule has 2 heterocycles. The maximum absolute atomic E-state index is 12.2. The highest BCUT2D eigenvalue weighted by Gasteiger charge is 2.22. The predicted octanol–water partition coefficient (Wildman–Crippen LogP) is 0.522. The number of benzene rings is 1. The Balaban J connectivity index is 1.59. The third kappa shape index (κ3) is 3.34. The van der Waals surface area contributed by atoms with E-state index in [1.165, 1.54) is 24.7 Å². The summed E-state index contributed by atoms with van der Waals surface area (Å²) >= 11 is 0. The van der Waals surface area contributed by atoms with Gasteiger partial charge >= 0.3 is 5.97 Å². The van der Waals surface area contributed by atoms with Gasteiger partial charge in [-0.05, 0) is 23.6 Å². The Morgan fingerprint density at radius 3 is 2.67 bits per heavy atom. The van der Waals surface area contributed by atoms with Crippen LogP contribution in [-0.2, 0) is 29.5 Å². The topological polar surface area (TPSA) is 81.5 Å². The van der Waals surface area contributed by atoms with Crippen molar-refractivity contribution in [2.45, 2.75) is 13.0 Å². The number of hydrogen-bond acceptors (Lipinski definition) is 5. The van der Waals surface area contributed by atoms with Crippen molar-refractivity contribution in [1.82, 2.24) is 14.7 Å². The molecule has 24 heavy (non-hydrogen) atoms. The molecule has 0 spiro atoms. The quantitative estimate of drug-likeness (QED) is 0.768. The number of hydrogen-bond donors (Lipinski definition) is 0. The first-order valence-electron chi connectivity index (χ1n) is 7.60. The van der Waals surface area contributed by atoms with Crippen molar-refractivity contribution in [2.24, 2.45) is 7.05 Å². The van der Waals surface area contributed by atoms with Crippen molar-refractivity contribution in [3.05, 3.63) is 63.6 Å². The number of nitrogens with zero attached hydrogens (tertiary/aromatic N) is 3. The van der Waals surface area contributed by atoms with E-state index in [9.17, 15) is 14.4 Å². The van der Waals surface area contributed by atoms with E-state index in [1.54, 1.807) is 4.90 Å². The molecule has 0 saturated carbocycles. The molecular weight excluding hydrogens is 310 g/mol. The molecule has 124 valence electrons. The number of ether oxygens (including phenoxy) is 1. The van der Waals surface area contributed by atoms with Crippen LogP contribution in [0.5, 0.6) is 0 Å². The Morgan fingerprint density at radius 1 is 1.17 bits per heavy atom. The number of fused-ring (bicyclic) bond motifs is 1. The fourth-order valence-electron chi connectivity index (χ4n) is 2.61. The number of carbonyl (C=O) groups is 2. The third-order valence-electron chi connectivity index (χ3n) is 3.98. The summed E-state index contributed by atoms with van der Waals surface area (Å²) in [6, 6.07) is 10.5. The molecule has 7 heteroatoms. The second-order valence-electron chi connectivity index (χ2n) is 5.59. The van der Waals surface area contributed by atoms with Gasteiger partial charge in [0.1, 0.15) is 0 Å². The fourth-order valence-corrected chi connectivity index (χ4v) is 2.61. The molecule has 3 rings (SSSR count). The Hall–Kier alpha value is -2.96. The SMILES string of the molecule is Cn1nc(C(=O)OCC(=O)N2CCc3ccccc3C2)ccc1=O. The summed E-state index contributed by atoms with van der Waals surface area (Å²) in [6.07, 6.45) is 0.790. The first kappa shape index (κ1) is 15.9. The van der Waals surface area contributed by atoms with Crippen LogP contribution in [0.4, 0.5) is 0 Å². The number of aryl methyl sites for hydroxylation is 1. The molecule has 2 aromatic rings. The molecule has 0 N–H and O–H groups in total. The van der Waals surface area contributed by atoms with Crippen molar-refractivity contribution in [3.8, 4) is 0 Å². The van der Waals surface area contributed by atoms with Crippen LogP contribution in [0.2, 0.25) is 0 Å². The zero-order valence-corrected chi connectivity index (χ0v) is 13.3. The van der Waals surface area contributed by atoms with Gasteiger partial charge in [0, 0.05) is 26.2 Å². The average molecular weight is 327 g/mol. The van der Waals surface area contributed by atoms with E-state index >= 15 is 0 Å². The molecule has 0 saturated heterocycles.